The van der Waals surface area contributed by atoms with E-state index in [1.807, 2.05) is 43.5 Å². The lowest BCUT2D eigenvalue weighted by Crippen LogP contribution is -2.36. The van der Waals surface area contributed by atoms with Crippen LogP contribution in [-0.4, -0.2) is 31.4 Å². The standard InChI is InChI=1S/C28H30ClN5O2/c1-27(2,3)36-26(35)33-16-22-14-23(7-8-24(22)34-18-31-32-25(34)17-33)28(29)11-9-20(10-12-28)21-6-4-5-19(13-21)15-30/h4-8,13-14,18,20H,9-12,16-17H2,1-3H3. The second-order valence-electron chi connectivity index (χ2n) is 10.8. The van der Waals surface area contributed by atoms with Crippen molar-refractivity contribution >= 4 is 17.7 Å². The number of carbonyl (C=O) groups excluding carboxylic acids is 1. The highest BCUT2D eigenvalue weighted by atomic mass is 35.5. The molecule has 0 radical (unpaired) electrons. The number of rotatable bonds is 2. The van der Waals surface area contributed by atoms with Crippen molar-refractivity contribution in [2.45, 2.75) is 75.9 Å². The maximum absolute atomic E-state index is 13.0. The predicted molar refractivity (Wildman–Crippen MR) is 137 cm³/mol. The summed E-state index contributed by atoms with van der Waals surface area (Å²) >= 11 is 7.27. The molecule has 7 nitrogen and oxygen atoms in total. The van der Waals surface area contributed by atoms with E-state index in [0.717, 1.165) is 42.5 Å². The molecule has 1 amide bonds. The second-order valence-corrected chi connectivity index (χ2v) is 11.5. The molecule has 2 aliphatic rings. The number of ether oxygens (including phenoxy) is 1. The zero-order valence-electron chi connectivity index (χ0n) is 20.9. The first-order valence-electron chi connectivity index (χ1n) is 12.3. The van der Waals surface area contributed by atoms with Gasteiger partial charge in [0.15, 0.2) is 5.82 Å². The number of benzene rings is 2. The van der Waals surface area contributed by atoms with E-state index in [1.54, 1.807) is 11.2 Å². The summed E-state index contributed by atoms with van der Waals surface area (Å²) in [6.45, 7) is 6.30. The van der Waals surface area contributed by atoms with Gasteiger partial charge in [-0.25, -0.2) is 4.79 Å². The van der Waals surface area contributed by atoms with Crippen LogP contribution in [-0.2, 0) is 22.7 Å². The third-order valence-corrected chi connectivity index (χ3v) is 7.68. The molecule has 2 aromatic carbocycles. The zero-order valence-corrected chi connectivity index (χ0v) is 21.6. The molecule has 0 bridgehead atoms. The maximum atomic E-state index is 13.0. The summed E-state index contributed by atoms with van der Waals surface area (Å²) in [5, 5.41) is 17.6. The Bertz CT molecular complexity index is 1330. The van der Waals surface area contributed by atoms with Crippen molar-refractivity contribution < 1.29 is 9.53 Å². The number of hydrogen-bond donors (Lipinski definition) is 0. The van der Waals surface area contributed by atoms with Gasteiger partial charge in [0, 0.05) is 0 Å². The summed E-state index contributed by atoms with van der Waals surface area (Å²) in [4.78, 5) is 14.2. The van der Waals surface area contributed by atoms with Crippen molar-refractivity contribution in [1.29, 1.82) is 5.26 Å². The minimum atomic E-state index is -0.590. The number of carbonyl (C=O) groups is 1. The third-order valence-electron chi connectivity index (χ3n) is 7.09. The largest absolute Gasteiger partial charge is 0.444 e. The number of fused-ring (bicyclic) bond motifs is 3. The molecular formula is C28H30ClN5O2. The van der Waals surface area contributed by atoms with E-state index in [2.05, 4.69) is 40.5 Å². The molecule has 2 heterocycles. The van der Waals surface area contributed by atoms with Gasteiger partial charge in [0.05, 0.1) is 35.3 Å². The van der Waals surface area contributed by atoms with Crippen LogP contribution in [0.4, 0.5) is 4.79 Å². The number of alkyl halides is 1. The van der Waals surface area contributed by atoms with Gasteiger partial charge in [-0.15, -0.1) is 21.8 Å². The Balaban J connectivity index is 1.40. The van der Waals surface area contributed by atoms with Gasteiger partial charge in [0.2, 0.25) is 0 Å². The molecule has 0 unspecified atom stereocenters. The number of aromatic nitrogens is 3. The van der Waals surface area contributed by atoms with Crippen LogP contribution in [0.15, 0.2) is 48.8 Å². The molecule has 0 atom stereocenters. The SMILES string of the molecule is CC(C)(C)OC(=O)N1Cc2cc(C3(Cl)CCC(c4cccc(C#N)c4)CC3)ccc2-n2cnnc2C1. The smallest absolute Gasteiger partial charge is 0.411 e. The average Bonchev–Trinajstić information content (AvgIpc) is 3.24. The molecule has 1 saturated carbocycles. The lowest BCUT2D eigenvalue weighted by molar-refractivity contribution is 0.0214. The Morgan fingerprint density at radius 3 is 2.67 bits per heavy atom. The maximum Gasteiger partial charge on any atom is 0.411 e. The van der Waals surface area contributed by atoms with E-state index < -0.39 is 10.5 Å². The first kappa shape index (κ1) is 24.3. The zero-order chi connectivity index (χ0) is 25.5. The summed E-state index contributed by atoms with van der Waals surface area (Å²) in [5.74, 6) is 1.08. The van der Waals surface area contributed by atoms with Gasteiger partial charge in [0.1, 0.15) is 11.9 Å². The summed E-state index contributed by atoms with van der Waals surface area (Å²) in [6.07, 6.45) is 4.88. The lowest BCUT2D eigenvalue weighted by atomic mass is 9.75. The molecule has 186 valence electrons. The van der Waals surface area contributed by atoms with Crippen molar-refractivity contribution in [3.63, 3.8) is 0 Å². The van der Waals surface area contributed by atoms with E-state index in [9.17, 15) is 10.1 Å². The fourth-order valence-corrected chi connectivity index (χ4v) is 5.58. The summed E-state index contributed by atoms with van der Waals surface area (Å²) in [7, 11) is 0. The van der Waals surface area contributed by atoms with Crippen LogP contribution in [0.3, 0.4) is 0 Å². The first-order chi connectivity index (χ1) is 17.1. The predicted octanol–water partition coefficient (Wildman–Crippen LogP) is 6.18. The van der Waals surface area contributed by atoms with Crippen LogP contribution >= 0.6 is 11.6 Å². The fraction of sp³-hybridized carbons (Fsp3) is 0.429. The van der Waals surface area contributed by atoms with Crippen molar-refractivity contribution in [3.05, 3.63) is 76.9 Å². The minimum absolute atomic E-state index is 0.314. The molecule has 1 aliphatic carbocycles. The van der Waals surface area contributed by atoms with E-state index in [-0.39, 0.29) is 6.09 Å². The number of hydrogen-bond acceptors (Lipinski definition) is 5. The van der Waals surface area contributed by atoms with Crippen molar-refractivity contribution in [2.24, 2.45) is 0 Å². The van der Waals surface area contributed by atoms with Gasteiger partial charge < -0.3 is 4.74 Å². The molecule has 3 aromatic rings. The van der Waals surface area contributed by atoms with Gasteiger partial charge >= 0.3 is 6.09 Å². The second kappa shape index (κ2) is 9.25. The van der Waals surface area contributed by atoms with Crippen LogP contribution in [0, 0.1) is 11.3 Å². The van der Waals surface area contributed by atoms with Crippen molar-refractivity contribution in [2.75, 3.05) is 0 Å². The minimum Gasteiger partial charge on any atom is -0.444 e. The summed E-state index contributed by atoms with van der Waals surface area (Å²) in [5.41, 5.74) is 4.32. The van der Waals surface area contributed by atoms with E-state index >= 15 is 0 Å². The molecule has 1 aliphatic heterocycles. The molecular weight excluding hydrogens is 474 g/mol. The normalized spacial score (nSPS) is 21.6. The first-order valence-corrected chi connectivity index (χ1v) is 12.7. The molecule has 1 fully saturated rings. The highest BCUT2D eigenvalue weighted by molar-refractivity contribution is 6.24. The Kier molecular flexibility index (Phi) is 6.25. The molecule has 0 saturated heterocycles. The highest BCUT2D eigenvalue weighted by Gasteiger charge is 2.37. The number of amides is 1. The number of halogens is 1. The fourth-order valence-electron chi connectivity index (χ4n) is 5.24. The monoisotopic (exact) mass is 503 g/mol. The van der Waals surface area contributed by atoms with Crippen LogP contribution in [0.5, 0.6) is 0 Å². The number of nitrogens with zero attached hydrogens (tertiary/aromatic N) is 5. The van der Waals surface area contributed by atoms with Gasteiger partial charge in [-0.05, 0) is 87.3 Å². The van der Waals surface area contributed by atoms with Gasteiger partial charge in [-0.3, -0.25) is 9.47 Å². The summed E-state index contributed by atoms with van der Waals surface area (Å²) < 4.78 is 7.59. The topological polar surface area (TPSA) is 84.0 Å². The van der Waals surface area contributed by atoms with Gasteiger partial charge in [-0.2, -0.15) is 5.26 Å². The van der Waals surface area contributed by atoms with Crippen LogP contribution < -0.4 is 0 Å². The molecule has 36 heavy (non-hydrogen) atoms. The van der Waals surface area contributed by atoms with Crippen molar-refractivity contribution in [1.82, 2.24) is 19.7 Å². The van der Waals surface area contributed by atoms with Gasteiger partial charge in [0.25, 0.3) is 0 Å². The van der Waals surface area contributed by atoms with Crippen molar-refractivity contribution in [3.8, 4) is 11.8 Å². The Morgan fingerprint density at radius 2 is 1.94 bits per heavy atom. The quantitative estimate of drug-likeness (QED) is 0.390. The Labute approximate surface area is 216 Å². The lowest BCUT2D eigenvalue weighted by Gasteiger charge is -2.36. The van der Waals surface area contributed by atoms with Crippen LogP contribution in [0.25, 0.3) is 5.69 Å². The van der Waals surface area contributed by atoms with Crippen LogP contribution in [0.2, 0.25) is 0 Å². The van der Waals surface area contributed by atoms with Gasteiger partial charge in [-0.1, -0.05) is 24.3 Å². The Hall–Kier alpha value is -3.37. The van der Waals surface area contributed by atoms with Crippen LogP contribution in [0.1, 0.15) is 80.5 Å². The van der Waals surface area contributed by atoms with E-state index in [4.69, 9.17) is 16.3 Å². The molecule has 0 N–H and O–H groups in total. The number of nitriles is 1. The van der Waals surface area contributed by atoms with E-state index in [0.29, 0.717) is 30.4 Å². The third kappa shape index (κ3) is 4.83. The van der Waals surface area contributed by atoms with E-state index in [1.165, 1.54) is 5.56 Å². The Morgan fingerprint density at radius 1 is 1.17 bits per heavy atom. The summed E-state index contributed by atoms with van der Waals surface area (Å²) in [6, 6.07) is 16.4. The molecule has 5 rings (SSSR count). The molecule has 8 heteroatoms. The average molecular weight is 504 g/mol. The molecule has 0 spiro atoms. The molecule has 1 aromatic heterocycles. The highest BCUT2D eigenvalue weighted by Crippen LogP contribution is 2.48.